The molecule has 1 aromatic rings. The summed E-state index contributed by atoms with van der Waals surface area (Å²) < 4.78 is 11.4. The molecule has 1 amide bonds. The standard InChI is InChI=1S/C20H30N4O3/c1-20(7-8-20)27-19(25)24-11-5-16(6-12-24)15-26-18-14-21-17(13-22-18)23-9-3-2-4-10-23/h13-14,16H,2-12,15H2,1H3. The molecule has 1 aliphatic carbocycles. The molecular weight excluding hydrogens is 344 g/mol. The van der Waals surface area contributed by atoms with E-state index in [0.717, 1.165) is 57.7 Å². The average Bonchev–Trinajstić information content (AvgIpc) is 3.44. The number of ether oxygens (including phenoxy) is 2. The minimum atomic E-state index is -0.198. The van der Waals surface area contributed by atoms with Crippen LogP contribution < -0.4 is 9.64 Å². The van der Waals surface area contributed by atoms with Crippen LogP contribution in [0.15, 0.2) is 12.4 Å². The van der Waals surface area contributed by atoms with Crippen LogP contribution in [0.4, 0.5) is 10.6 Å². The monoisotopic (exact) mass is 374 g/mol. The van der Waals surface area contributed by atoms with Crippen LogP contribution in [-0.4, -0.2) is 59.3 Å². The number of amides is 1. The topological polar surface area (TPSA) is 67.8 Å². The zero-order chi connectivity index (χ0) is 18.7. The van der Waals surface area contributed by atoms with Crippen LogP contribution in [0.5, 0.6) is 5.88 Å². The maximum Gasteiger partial charge on any atom is 0.410 e. The highest BCUT2D eigenvalue weighted by molar-refractivity contribution is 5.68. The zero-order valence-corrected chi connectivity index (χ0v) is 16.2. The Bertz CT molecular complexity index is 633. The predicted octanol–water partition coefficient (Wildman–Crippen LogP) is 3.25. The molecule has 148 valence electrons. The normalized spacial score (nSPS) is 22.4. The van der Waals surface area contributed by atoms with E-state index >= 15 is 0 Å². The molecule has 4 rings (SSSR count). The van der Waals surface area contributed by atoms with Crippen LogP contribution in [0.2, 0.25) is 0 Å². The third kappa shape index (κ3) is 4.82. The number of piperidine rings is 2. The van der Waals surface area contributed by atoms with E-state index in [1.54, 1.807) is 6.20 Å². The number of hydrogen-bond donors (Lipinski definition) is 0. The lowest BCUT2D eigenvalue weighted by molar-refractivity contribution is 0.0454. The predicted molar refractivity (Wildman–Crippen MR) is 102 cm³/mol. The minimum absolute atomic E-state index is 0.159. The van der Waals surface area contributed by atoms with Gasteiger partial charge in [-0.25, -0.2) is 14.8 Å². The molecule has 2 aliphatic heterocycles. The Morgan fingerprint density at radius 2 is 1.85 bits per heavy atom. The summed E-state index contributed by atoms with van der Waals surface area (Å²) in [6.45, 7) is 6.23. The maximum absolute atomic E-state index is 12.2. The molecule has 0 aromatic carbocycles. The number of hydrogen-bond acceptors (Lipinski definition) is 6. The molecule has 1 saturated carbocycles. The summed E-state index contributed by atoms with van der Waals surface area (Å²) in [6, 6.07) is 0. The zero-order valence-electron chi connectivity index (χ0n) is 16.2. The molecule has 0 atom stereocenters. The molecule has 0 radical (unpaired) electrons. The highest BCUT2D eigenvalue weighted by atomic mass is 16.6. The molecule has 0 N–H and O–H groups in total. The van der Waals surface area contributed by atoms with Gasteiger partial charge in [0.2, 0.25) is 5.88 Å². The van der Waals surface area contributed by atoms with E-state index in [-0.39, 0.29) is 11.7 Å². The van der Waals surface area contributed by atoms with Crippen molar-refractivity contribution >= 4 is 11.9 Å². The van der Waals surface area contributed by atoms with E-state index in [2.05, 4.69) is 14.9 Å². The van der Waals surface area contributed by atoms with Gasteiger partial charge in [-0.1, -0.05) is 0 Å². The smallest absolute Gasteiger partial charge is 0.410 e. The lowest BCUT2D eigenvalue weighted by Gasteiger charge is -2.32. The van der Waals surface area contributed by atoms with Gasteiger partial charge < -0.3 is 19.3 Å². The number of nitrogens with zero attached hydrogens (tertiary/aromatic N) is 4. The fourth-order valence-corrected chi connectivity index (χ4v) is 3.71. The largest absolute Gasteiger partial charge is 0.476 e. The number of carbonyl (C=O) groups excluding carboxylic acids is 1. The second-order valence-electron chi connectivity index (χ2n) is 8.32. The lowest BCUT2D eigenvalue weighted by Crippen LogP contribution is -2.41. The number of aromatic nitrogens is 2. The fraction of sp³-hybridized carbons (Fsp3) is 0.750. The van der Waals surface area contributed by atoms with Crippen molar-refractivity contribution in [3.63, 3.8) is 0 Å². The molecule has 27 heavy (non-hydrogen) atoms. The van der Waals surface area contributed by atoms with Crippen molar-refractivity contribution in [2.45, 2.75) is 57.5 Å². The van der Waals surface area contributed by atoms with Crippen molar-refractivity contribution in [1.29, 1.82) is 0 Å². The molecule has 7 heteroatoms. The van der Waals surface area contributed by atoms with Gasteiger partial charge in [0.1, 0.15) is 11.4 Å². The SMILES string of the molecule is CC1(OC(=O)N2CCC(COc3cnc(N4CCCCC4)cn3)CC2)CC1. The fourth-order valence-electron chi connectivity index (χ4n) is 3.71. The highest BCUT2D eigenvalue weighted by Gasteiger charge is 2.43. The molecule has 2 saturated heterocycles. The van der Waals surface area contributed by atoms with Crippen LogP contribution in [0.25, 0.3) is 0 Å². The summed E-state index contributed by atoms with van der Waals surface area (Å²) in [5.74, 6) is 1.96. The summed E-state index contributed by atoms with van der Waals surface area (Å²) in [4.78, 5) is 25.2. The highest BCUT2D eigenvalue weighted by Crippen LogP contribution is 2.39. The first-order chi connectivity index (χ1) is 13.1. The summed E-state index contributed by atoms with van der Waals surface area (Å²) >= 11 is 0. The van der Waals surface area contributed by atoms with Crippen LogP contribution in [0.3, 0.4) is 0 Å². The van der Waals surface area contributed by atoms with Crippen molar-refractivity contribution in [2.24, 2.45) is 5.92 Å². The molecule has 3 aliphatic rings. The van der Waals surface area contributed by atoms with E-state index in [9.17, 15) is 4.79 Å². The Morgan fingerprint density at radius 1 is 1.11 bits per heavy atom. The summed E-state index contributed by atoms with van der Waals surface area (Å²) in [7, 11) is 0. The van der Waals surface area contributed by atoms with Gasteiger partial charge in [-0.2, -0.15) is 0 Å². The number of rotatable bonds is 5. The van der Waals surface area contributed by atoms with E-state index in [4.69, 9.17) is 9.47 Å². The van der Waals surface area contributed by atoms with Crippen molar-refractivity contribution < 1.29 is 14.3 Å². The van der Waals surface area contributed by atoms with E-state index < -0.39 is 0 Å². The Morgan fingerprint density at radius 3 is 2.48 bits per heavy atom. The van der Waals surface area contributed by atoms with Gasteiger partial charge in [0.25, 0.3) is 0 Å². The van der Waals surface area contributed by atoms with E-state index in [0.29, 0.717) is 18.4 Å². The van der Waals surface area contributed by atoms with Gasteiger partial charge in [0.15, 0.2) is 0 Å². The summed E-state index contributed by atoms with van der Waals surface area (Å²) in [5.41, 5.74) is -0.198. The second-order valence-corrected chi connectivity index (χ2v) is 8.32. The quantitative estimate of drug-likeness (QED) is 0.788. The van der Waals surface area contributed by atoms with Gasteiger partial charge in [-0.3, -0.25) is 0 Å². The second kappa shape index (κ2) is 7.90. The van der Waals surface area contributed by atoms with Crippen molar-refractivity contribution in [3.05, 3.63) is 12.4 Å². The van der Waals surface area contributed by atoms with E-state index in [1.807, 2.05) is 18.0 Å². The summed E-state index contributed by atoms with van der Waals surface area (Å²) in [5, 5.41) is 0. The Kier molecular flexibility index (Phi) is 5.36. The number of anilines is 1. The Balaban J connectivity index is 1.19. The maximum atomic E-state index is 12.2. The first-order valence-corrected chi connectivity index (χ1v) is 10.3. The third-order valence-corrected chi connectivity index (χ3v) is 5.92. The molecule has 0 unspecified atom stereocenters. The molecule has 3 heterocycles. The average molecular weight is 374 g/mol. The van der Waals surface area contributed by atoms with Gasteiger partial charge in [0.05, 0.1) is 19.0 Å². The first-order valence-electron chi connectivity index (χ1n) is 10.3. The van der Waals surface area contributed by atoms with Crippen molar-refractivity contribution in [3.8, 4) is 5.88 Å². The van der Waals surface area contributed by atoms with Gasteiger partial charge in [-0.15, -0.1) is 0 Å². The number of carbonyl (C=O) groups is 1. The van der Waals surface area contributed by atoms with Gasteiger partial charge in [0, 0.05) is 26.2 Å². The van der Waals surface area contributed by atoms with Gasteiger partial charge >= 0.3 is 6.09 Å². The van der Waals surface area contributed by atoms with Crippen LogP contribution in [-0.2, 0) is 4.74 Å². The van der Waals surface area contributed by atoms with Crippen LogP contribution in [0, 0.1) is 5.92 Å². The molecular formula is C20H30N4O3. The minimum Gasteiger partial charge on any atom is -0.476 e. The number of likely N-dealkylation sites (tertiary alicyclic amines) is 1. The molecule has 0 spiro atoms. The van der Waals surface area contributed by atoms with Crippen molar-refractivity contribution in [2.75, 3.05) is 37.7 Å². The Hall–Kier alpha value is -2.05. The molecule has 3 fully saturated rings. The van der Waals surface area contributed by atoms with Crippen LogP contribution >= 0.6 is 0 Å². The molecule has 7 nitrogen and oxygen atoms in total. The molecule has 1 aromatic heterocycles. The van der Waals surface area contributed by atoms with E-state index in [1.165, 1.54) is 19.3 Å². The molecule has 0 bridgehead atoms. The lowest BCUT2D eigenvalue weighted by atomic mass is 9.98. The van der Waals surface area contributed by atoms with Crippen LogP contribution in [0.1, 0.15) is 51.9 Å². The van der Waals surface area contributed by atoms with Gasteiger partial charge in [-0.05, 0) is 57.8 Å². The third-order valence-electron chi connectivity index (χ3n) is 5.92. The van der Waals surface area contributed by atoms with Crippen molar-refractivity contribution in [1.82, 2.24) is 14.9 Å². The summed E-state index contributed by atoms with van der Waals surface area (Å²) in [6.07, 6.45) is 11.0. The Labute approximate surface area is 161 Å². The first kappa shape index (κ1) is 18.3.